The number of halogens is 1. The first kappa shape index (κ1) is 15.1. The van der Waals surface area contributed by atoms with Gasteiger partial charge in [0.05, 0.1) is 6.54 Å². The van der Waals surface area contributed by atoms with Gasteiger partial charge in [0.2, 0.25) is 11.8 Å². The number of ether oxygens (including phenoxy) is 1. The summed E-state index contributed by atoms with van der Waals surface area (Å²) in [7, 11) is 0. The molecule has 0 bridgehead atoms. The molecule has 2 aromatic rings. The third kappa shape index (κ3) is 3.11. The van der Waals surface area contributed by atoms with Gasteiger partial charge in [-0.1, -0.05) is 18.2 Å². The number of pyridine rings is 1. The Balaban J connectivity index is 1.33. The topological polar surface area (TPSA) is 42.4 Å². The number of benzene rings is 1. The van der Waals surface area contributed by atoms with Gasteiger partial charge in [-0.25, -0.2) is 9.37 Å². The summed E-state index contributed by atoms with van der Waals surface area (Å²) in [5.41, 5.74) is 1.05. The SMILES string of the molecule is O=C([C@@H]1C[C@@H]1c1ccc(F)cc1)N1CC[C@@H](Oc2ccccn2)C1. The smallest absolute Gasteiger partial charge is 0.226 e. The molecule has 0 N–H and O–H groups in total. The maximum atomic E-state index is 13.0. The van der Waals surface area contributed by atoms with Gasteiger partial charge in [-0.05, 0) is 36.1 Å². The Labute approximate surface area is 140 Å². The first-order valence-corrected chi connectivity index (χ1v) is 8.32. The largest absolute Gasteiger partial charge is 0.472 e. The van der Waals surface area contributed by atoms with Crippen LogP contribution in [0.5, 0.6) is 5.88 Å². The van der Waals surface area contributed by atoms with Crippen LogP contribution in [0.2, 0.25) is 0 Å². The number of carbonyl (C=O) groups is 1. The highest BCUT2D eigenvalue weighted by atomic mass is 19.1. The van der Waals surface area contributed by atoms with E-state index in [4.69, 9.17) is 4.74 Å². The number of amides is 1. The lowest BCUT2D eigenvalue weighted by Gasteiger charge is -2.17. The van der Waals surface area contributed by atoms with Gasteiger partial charge in [-0.15, -0.1) is 0 Å². The van der Waals surface area contributed by atoms with E-state index >= 15 is 0 Å². The number of nitrogens with zero attached hydrogens (tertiary/aromatic N) is 2. The summed E-state index contributed by atoms with van der Waals surface area (Å²) in [5.74, 6) is 0.818. The fourth-order valence-electron chi connectivity index (χ4n) is 3.39. The molecule has 1 amide bonds. The van der Waals surface area contributed by atoms with Gasteiger partial charge in [-0.3, -0.25) is 4.79 Å². The van der Waals surface area contributed by atoms with Crippen LogP contribution in [0.25, 0.3) is 0 Å². The third-order valence-electron chi connectivity index (χ3n) is 4.79. The maximum Gasteiger partial charge on any atom is 0.226 e. The van der Waals surface area contributed by atoms with Crippen molar-refractivity contribution in [3.05, 3.63) is 60.0 Å². The molecule has 1 aromatic heterocycles. The van der Waals surface area contributed by atoms with Crippen LogP contribution < -0.4 is 4.74 Å². The van der Waals surface area contributed by atoms with E-state index < -0.39 is 0 Å². The van der Waals surface area contributed by atoms with Crippen molar-refractivity contribution in [2.24, 2.45) is 5.92 Å². The summed E-state index contributed by atoms with van der Waals surface area (Å²) in [6.07, 6.45) is 3.39. The van der Waals surface area contributed by atoms with Crippen molar-refractivity contribution in [3.63, 3.8) is 0 Å². The van der Waals surface area contributed by atoms with Gasteiger partial charge in [0, 0.05) is 31.1 Å². The second-order valence-corrected chi connectivity index (χ2v) is 6.48. The monoisotopic (exact) mass is 326 g/mol. The number of carbonyl (C=O) groups excluding carboxylic acids is 1. The molecule has 1 aliphatic heterocycles. The van der Waals surface area contributed by atoms with Gasteiger partial charge in [0.1, 0.15) is 11.9 Å². The van der Waals surface area contributed by atoms with Gasteiger partial charge in [-0.2, -0.15) is 0 Å². The van der Waals surface area contributed by atoms with Crippen LogP contribution in [0, 0.1) is 11.7 Å². The summed E-state index contributed by atoms with van der Waals surface area (Å²) in [6.45, 7) is 1.34. The highest BCUT2D eigenvalue weighted by molar-refractivity contribution is 5.83. The molecular formula is C19H19FN2O2. The molecule has 1 saturated heterocycles. The summed E-state index contributed by atoms with van der Waals surface area (Å²) in [4.78, 5) is 18.7. The molecule has 124 valence electrons. The Bertz CT molecular complexity index is 720. The lowest BCUT2D eigenvalue weighted by molar-refractivity contribution is -0.131. The number of hydrogen-bond donors (Lipinski definition) is 0. The molecule has 4 nitrogen and oxygen atoms in total. The van der Waals surface area contributed by atoms with Crippen molar-refractivity contribution in [1.82, 2.24) is 9.88 Å². The number of hydrogen-bond acceptors (Lipinski definition) is 3. The van der Waals surface area contributed by atoms with E-state index in [2.05, 4.69) is 4.98 Å². The summed E-state index contributed by atoms with van der Waals surface area (Å²) >= 11 is 0. The molecule has 1 aromatic carbocycles. The van der Waals surface area contributed by atoms with Crippen LogP contribution in [0.3, 0.4) is 0 Å². The van der Waals surface area contributed by atoms with Crippen molar-refractivity contribution in [2.75, 3.05) is 13.1 Å². The molecule has 0 unspecified atom stereocenters. The zero-order chi connectivity index (χ0) is 16.5. The number of likely N-dealkylation sites (tertiary alicyclic amines) is 1. The van der Waals surface area contributed by atoms with E-state index in [9.17, 15) is 9.18 Å². The zero-order valence-electron chi connectivity index (χ0n) is 13.3. The average Bonchev–Trinajstić information content (AvgIpc) is 3.27. The molecule has 2 fully saturated rings. The Kier molecular flexibility index (Phi) is 3.92. The highest BCUT2D eigenvalue weighted by Gasteiger charge is 2.47. The summed E-state index contributed by atoms with van der Waals surface area (Å²) in [5, 5.41) is 0. The predicted molar refractivity (Wildman–Crippen MR) is 87.1 cm³/mol. The zero-order valence-corrected chi connectivity index (χ0v) is 13.3. The van der Waals surface area contributed by atoms with E-state index in [1.165, 1.54) is 12.1 Å². The lowest BCUT2D eigenvalue weighted by atomic mass is 10.1. The first-order chi connectivity index (χ1) is 11.7. The Hall–Kier alpha value is -2.43. The summed E-state index contributed by atoms with van der Waals surface area (Å²) in [6, 6.07) is 12.0. The van der Waals surface area contributed by atoms with E-state index in [0.717, 1.165) is 24.9 Å². The molecule has 0 spiro atoms. The van der Waals surface area contributed by atoms with Crippen molar-refractivity contribution in [3.8, 4) is 5.88 Å². The minimum Gasteiger partial charge on any atom is -0.472 e. The highest BCUT2D eigenvalue weighted by Crippen LogP contribution is 2.48. The fraction of sp³-hybridized carbons (Fsp3) is 0.368. The maximum absolute atomic E-state index is 13.0. The number of rotatable bonds is 4. The molecule has 5 heteroatoms. The van der Waals surface area contributed by atoms with Crippen LogP contribution >= 0.6 is 0 Å². The lowest BCUT2D eigenvalue weighted by Crippen LogP contribution is -2.32. The summed E-state index contributed by atoms with van der Waals surface area (Å²) < 4.78 is 18.8. The van der Waals surface area contributed by atoms with Crippen LogP contribution in [0.15, 0.2) is 48.7 Å². The molecule has 4 rings (SSSR count). The molecule has 3 atom stereocenters. The Morgan fingerprint density at radius 1 is 1.21 bits per heavy atom. The Morgan fingerprint density at radius 2 is 2.04 bits per heavy atom. The van der Waals surface area contributed by atoms with Gasteiger partial charge in [0.15, 0.2) is 0 Å². The van der Waals surface area contributed by atoms with Crippen molar-refractivity contribution in [2.45, 2.75) is 24.9 Å². The van der Waals surface area contributed by atoms with Crippen LogP contribution in [-0.2, 0) is 4.79 Å². The molecule has 24 heavy (non-hydrogen) atoms. The first-order valence-electron chi connectivity index (χ1n) is 8.32. The second-order valence-electron chi connectivity index (χ2n) is 6.48. The molecule has 2 aliphatic rings. The average molecular weight is 326 g/mol. The minimum absolute atomic E-state index is 0.00636. The quantitative estimate of drug-likeness (QED) is 0.867. The van der Waals surface area contributed by atoms with E-state index in [0.29, 0.717) is 12.4 Å². The Morgan fingerprint density at radius 3 is 2.79 bits per heavy atom. The second kappa shape index (κ2) is 6.23. The molecular weight excluding hydrogens is 307 g/mol. The van der Waals surface area contributed by atoms with Crippen molar-refractivity contribution in [1.29, 1.82) is 0 Å². The van der Waals surface area contributed by atoms with E-state index in [1.807, 2.05) is 23.1 Å². The molecule has 0 radical (unpaired) electrons. The van der Waals surface area contributed by atoms with Gasteiger partial charge in [0.25, 0.3) is 0 Å². The van der Waals surface area contributed by atoms with Gasteiger partial charge >= 0.3 is 0 Å². The van der Waals surface area contributed by atoms with E-state index in [-0.39, 0.29) is 29.7 Å². The minimum atomic E-state index is -0.240. The van der Waals surface area contributed by atoms with Crippen LogP contribution in [0.1, 0.15) is 24.3 Å². The fourth-order valence-corrected chi connectivity index (χ4v) is 3.39. The molecule has 1 saturated carbocycles. The third-order valence-corrected chi connectivity index (χ3v) is 4.79. The van der Waals surface area contributed by atoms with Crippen LogP contribution in [0.4, 0.5) is 4.39 Å². The van der Waals surface area contributed by atoms with Crippen molar-refractivity contribution < 1.29 is 13.9 Å². The van der Waals surface area contributed by atoms with Crippen LogP contribution in [-0.4, -0.2) is 35.0 Å². The standard InChI is InChI=1S/C19H19FN2O2/c20-14-6-4-13(5-7-14)16-11-17(16)19(23)22-10-8-15(12-22)24-18-3-1-2-9-21-18/h1-7,9,15-17H,8,10-12H2/t15-,16-,17-/m1/s1. The van der Waals surface area contributed by atoms with E-state index in [1.54, 1.807) is 18.3 Å². The molecule has 2 heterocycles. The number of aromatic nitrogens is 1. The van der Waals surface area contributed by atoms with Gasteiger partial charge < -0.3 is 9.64 Å². The molecule has 1 aliphatic carbocycles. The van der Waals surface area contributed by atoms with Crippen molar-refractivity contribution >= 4 is 5.91 Å². The predicted octanol–water partition coefficient (Wildman–Crippen LogP) is 3.00. The normalized spacial score (nSPS) is 25.5.